The second kappa shape index (κ2) is 5.13. The number of carbonyl (C=O) groups is 1. The molecule has 0 fully saturated rings. The van der Waals surface area contributed by atoms with Crippen molar-refractivity contribution in [1.29, 1.82) is 0 Å². The number of benzene rings is 1. The van der Waals surface area contributed by atoms with Gasteiger partial charge in [0.05, 0.1) is 6.26 Å². The minimum Gasteiger partial charge on any atom is -0.459 e. The van der Waals surface area contributed by atoms with E-state index in [1.54, 1.807) is 11.2 Å². The summed E-state index contributed by atoms with van der Waals surface area (Å²) in [6.45, 7) is 2.55. The zero-order valence-electron chi connectivity index (χ0n) is 11.5. The first-order valence-corrected chi connectivity index (χ1v) is 6.89. The van der Waals surface area contributed by atoms with E-state index >= 15 is 0 Å². The van der Waals surface area contributed by atoms with Crippen LogP contribution in [0.3, 0.4) is 0 Å². The van der Waals surface area contributed by atoms with Crippen LogP contribution in [-0.4, -0.2) is 12.5 Å². The number of hydrogen-bond acceptors (Lipinski definition) is 3. The van der Waals surface area contributed by atoms with Crippen LogP contribution in [0.5, 0.6) is 0 Å². The van der Waals surface area contributed by atoms with Gasteiger partial charge in [-0.1, -0.05) is 18.2 Å². The normalized spacial score (nSPS) is 18.5. The van der Waals surface area contributed by atoms with Crippen LogP contribution in [0.2, 0.25) is 0 Å². The Hall–Kier alpha value is -2.07. The molecule has 0 saturated carbocycles. The number of carbonyl (C=O) groups excluding carboxylic acids is 1. The second-order valence-corrected chi connectivity index (χ2v) is 5.20. The summed E-state index contributed by atoms with van der Waals surface area (Å²) >= 11 is 0. The SMILES string of the molecule is Cc1ccoc1C(=O)N1CCCC(N)c2ccccc21. The van der Waals surface area contributed by atoms with Crippen LogP contribution in [0, 0.1) is 6.92 Å². The summed E-state index contributed by atoms with van der Waals surface area (Å²) in [7, 11) is 0. The topological polar surface area (TPSA) is 59.5 Å². The van der Waals surface area contributed by atoms with Gasteiger partial charge in [-0.3, -0.25) is 4.79 Å². The fraction of sp³-hybridized carbons (Fsp3) is 0.312. The Morgan fingerprint density at radius 3 is 2.90 bits per heavy atom. The van der Waals surface area contributed by atoms with E-state index in [-0.39, 0.29) is 11.9 Å². The Bertz CT molecular complexity index is 633. The Morgan fingerprint density at radius 1 is 1.35 bits per heavy atom. The van der Waals surface area contributed by atoms with Crippen LogP contribution >= 0.6 is 0 Å². The van der Waals surface area contributed by atoms with Crippen molar-refractivity contribution < 1.29 is 9.21 Å². The summed E-state index contributed by atoms with van der Waals surface area (Å²) in [5.41, 5.74) is 8.99. The molecule has 0 saturated heterocycles. The Labute approximate surface area is 118 Å². The van der Waals surface area contributed by atoms with Crippen molar-refractivity contribution in [2.45, 2.75) is 25.8 Å². The average Bonchev–Trinajstić information content (AvgIpc) is 2.81. The van der Waals surface area contributed by atoms with Gasteiger partial charge in [-0.2, -0.15) is 0 Å². The lowest BCUT2D eigenvalue weighted by molar-refractivity contribution is 0.0959. The molecule has 1 aromatic heterocycles. The van der Waals surface area contributed by atoms with Crippen molar-refractivity contribution in [1.82, 2.24) is 0 Å². The molecule has 4 nitrogen and oxygen atoms in total. The van der Waals surface area contributed by atoms with E-state index in [9.17, 15) is 4.79 Å². The zero-order valence-corrected chi connectivity index (χ0v) is 11.5. The number of para-hydroxylation sites is 1. The highest BCUT2D eigenvalue weighted by molar-refractivity contribution is 6.05. The number of hydrogen-bond donors (Lipinski definition) is 1. The molecular weight excluding hydrogens is 252 g/mol. The number of furan rings is 1. The maximum atomic E-state index is 12.7. The third kappa shape index (κ3) is 2.12. The lowest BCUT2D eigenvalue weighted by Crippen LogP contribution is -2.32. The van der Waals surface area contributed by atoms with Crippen molar-refractivity contribution in [2.24, 2.45) is 5.73 Å². The molecule has 1 aliphatic rings. The third-order valence-electron chi connectivity index (χ3n) is 3.83. The first kappa shape index (κ1) is 12.9. The van der Waals surface area contributed by atoms with Gasteiger partial charge in [0, 0.05) is 23.8 Å². The maximum absolute atomic E-state index is 12.7. The Balaban J connectivity index is 2.03. The van der Waals surface area contributed by atoms with Gasteiger partial charge in [0.25, 0.3) is 5.91 Å². The monoisotopic (exact) mass is 270 g/mol. The van der Waals surface area contributed by atoms with Crippen LogP contribution in [0.4, 0.5) is 5.69 Å². The molecule has 0 spiro atoms. The number of amides is 1. The predicted octanol–water partition coefficient (Wildman–Crippen LogP) is 3.03. The van der Waals surface area contributed by atoms with Crippen LogP contribution in [-0.2, 0) is 0 Å². The quantitative estimate of drug-likeness (QED) is 0.866. The van der Waals surface area contributed by atoms with Crippen LogP contribution < -0.4 is 10.6 Å². The highest BCUT2D eigenvalue weighted by Gasteiger charge is 2.27. The fourth-order valence-corrected chi connectivity index (χ4v) is 2.72. The fourth-order valence-electron chi connectivity index (χ4n) is 2.72. The molecule has 2 aromatic rings. The van der Waals surface area contributed by atoms with Crippen molar-refractivity contribution in [3.63, 3.8) is 0 Å². The maximum Gasteiger partial charge on any atom is 0.294 e. The molecule has 2 heterocycles. The molecular formula is C16H18N2O2. The minimum atomic E-state index is -0.0888. The van der Waals surface area contributed by atoms with Gasteiger partial charge in [0.1, 0.15) is 0 Å². The Morgan fingerprint density at radius 2 is 2.15 bits per heavy atom. The average molecular weight is 270 g/mol. The van der Waals surface area contributed by atoms with Gasteiger partial charge in [-0.15, -0.1) is 0 Å². The van der Waals surface area contributed by atoms with Crippen LogP contribution in [0.25, 0.3) is 0 Å². The van der Waals surface area contributed by atoms with Crippen molar-refractivity contribution in [3.05, 3.63) is 53.5 Å². The molecule has 0 radical (unpaired) electrons. The number of anilines is 1. The number of nitrogens with two attached hydrogens (primary N) is 1. The van der Waals surface area contributed by atoms with Gasteiger partial charge in [0.15, 0.2) is 5.76 Å². The first-order valence-electron chi connectivity index (χ1n) is 6.89. The predicted molar refractivity (Wildman–Crippen MR) is 77.7 cm³/mol. The summed E-state index contributed by atoms with van der Waals surface area (Å²) in [4.78, 5) is 14.5. The minimum absolute atomic E-state index is 0.0123. The molecule has 1 atom stereocenters. The summed E-state index contributed by atoms with van der Waals surface area (Å²) in [5.74, 6) is 0.323. The van der Waals surface area contributed by atoms with Crippen LogP contribution in [0.1, 0.15) is 40.6 Å². The molecule has 1 amide bonds. The van der Waals surface area contributed by atoms with E-state index in [4.69, 9.17) is 10.2 Å². The van der Waals surface area contributed by atoms with E-state index in [2.05, 4.69) is 0 Å². The molecule has 2 N–H and O–H groups in total. The second-order valence-electron chi connectivity index (χ2n) is 5.20. The van der Waals surface area contributed by atoms with E-state index in [0.717, 1.165) is 29.7 Å². The standard InChI is InChI=1S/C16H18N2O2/c1-11-8-10-20-15(11)16(19)18-9-4-6-13(17)12-5-2-3-7-14(12)18/h2-3,5,7-8,10,13H,4,6,9,17H2,1H3. The molecule has 3 rings (SSSR count). The summed E-state index contributed by atoms with van der Waals surface area (Å²) in [5, 5.41) is 0. The zero-order chi connectivity index (χ0) is 14.1. The van der Waals surface area contributed by atoms with Crippen molar-refractivity contribution in [2.75, 3.05) is 11.4 Å². The number of nitrogens with zero attached hydrogens (tertiary/aromatic N) is 1. The molecule has 1 aromatic carbocycles. The van der Waals surface area contributed by atoms with Gasteiger partial charge in [0.2, 0.25) is 0 Å². The first-order chi connectivity index (χ1) is 9.68. The number of aryl methyl sites for hydroxylation is 1. The largest absolute Gasteiger partial charge is 0.459 e. The molecule has 20 heavy (non-hydrogen) atoms. The molecule has 1 unspecified atom stereocenters. The highest BCUT2D eigenvalue weighted by atomic mass is 16.3. The van der Waals surface area contributed by atoms with Crippen molar-refractivity contribution >= 4 is 11.6 Å². The van der Waals surface area contributed by atoms with Gasteiger partial charge in [-0.25, -0.2) is 0 Å². The summed E-state index contributed by atoms with van der Waals surface area (Å²) in [6, 6.07) is 9.65. The molecule has 4 heteroatoms. The summed E-state index contributed by atoms with van der Waals surface area (Å²) < 4.78 is 5.34. The highest BCUT2D eigenvalue weighted by Crippen LogP contribution is 2.32. The van der Waals surface area contributed by atoms with Crippen molar-refractivity contribution in [3.8, 4) is 0 Å². The van der Waals surface area contributed by atoms with E-state index in [0.29, 0.717) is 12.3 Å². The van der Waals surface area contributed by atoms with E-state index in [1.165, 1.54) is 0 Å². The molecule has 104 valence electrons. The molecule has 1 aliphatic heterocycles. The van der Waals surface area contributed by atoms with Gasteiger partial charge in [-0.05, 0) is 37.5 Å². The smallest absolute Gasteiger partial charge is 0.294 e. The Kier molecular flexibility index (Phi) is 3.32. The van der Waals surface area contributed by atoms with E-state index < -0.39 is 0 Å². The lowest BCUT2D eigenvalue weighted by atomic mass is 10.0. The van der Waals surface area contributed by atoms with Gasteiger partial charge >= 0.3 is 0 Å². The molecule has 0 bridgehead atoms. The molecule has 0 aliphatic carbocycles. The number of rotatable bonds is 1. The van der Waals surface area contributed by atoms with Crippen LogP contribution in [0.15, 0.2) is 41.0 Å². The number of fused-ring (bicyclic) bond motifs is 1. The lowest BCUT2D eigenvalue weighted by Gasteiger charge is -2.22. The van der Waals surface area contributed by atoms with E-state index in [1.807, 2.05) is 37.3 Å². The summed E-state index contributed by atoms with van der Waals surface area (Å²) in [6.07, 6.45) is 3.33. The van der Waals surface area contributed by atoms with Gasteiger partial charge < -0.3 is 15.1 Å². The third-order valence-corrected chi connectivity index (χ3v) is 3.83.